The molecular weight excluding hydrogens is 266 g/mol. The first-order valence-corrected chi connectivity index (χ1v) is 6.43. The van der Waals surface area contributed by atoms with E-state index in [0.29, 0.717) is 10.8 Å². The monoisotopic (exact) mass is 285 g/mol. The molecule has 0 saturated carbocycles. The molecule has 5 heteroatoms. The van der Waals surface area contributed by atoms with Crippen LogP contribution in [0.1, 0.15) is 27.7 Å². The van der Waals surface area contributed by atoms with Crippen LogP contribution in [0.4, 0.5) is 0 Å². The van der Waals surface area contributed by atoms with Gasteiger partial charge in [0.2, 0.25) is 0 Å². The third kappa shape index (κ3) is 5.49. The normalized spacial score (nSPS) is 12.1. The van der Waals surface area contributed by atoms with Crippen molar-refractivity contribution in [1.29, 1.82) is 0 Å². The number of amides is 1. The van der Waals surface area contributed by atoms with E-state index in [-0.39, 0.29) is 12.5 Å². The third-order valence-electron chi connectivity index (χ3n) is 2.42. The second kappa shape index (κ2) is 5.80. The van der Waals surface area contributed by atoms with Crippen LogP contribution < -0.4 is 10.1 Å². The second-order valence-electron chi connectivity index (χ2n) is 5.56. The van der Waals surface area contributed by atoms with Crippen LogP contribution in [0.2, 0.25) is 5.02 Å². The van der Waals surface area contributed by atoms with Gasteiger partial charge in [0.15, 0.2) is 5.60 Å². The van der Waals surface area contributed by atoms with Crippen molar-refractivity contribution < 1.29 is 14.6 Å². The number of nitrogens with one attached hydrogen (secondary N) is 1. The predicted molar refractivity (Wildman–Crippen MR) is 75.5 cm³/mol. The Morgan fingerprint density at radius 3 is 2.26 bits per heavy atom. The van der Waals surface area contributed by atoms with Gasteiger partial charge in [0.25, 0.3) is 5.91 Å². The molecule has 1 amide bonds. The van der Waals surface area contributed by atoms with Crippen LogP contribution in [0.25, 0.3) is 0 Å². The van der Waals surface area contributed by atoms with Crippen LogP contribution >= 0.6 is 11.6 Å². The fourth-order valence-electron chi connectivity index (χ4n) is 1.35. The Kier molecular flexibility index (Phi) is 4.82. The molecule has 0 fully saturated rings. The van der Waals surface area contributed by atoms with Gasteiger partial charge in [-0.25, -0.2) is 0 Å². The predicted octanol–water partition coefficient (Wildman–Crippen LogP) is 2.38. The molecule has 1 aromatic rings. The summed E-state index contributed by atoms with van der Waals surface area (Å²) in [5.74, 6) is 0.275. The lowest BCUT2D eigenvalue weighted by Gasteiger charge is -2.27. The van der Waals surface area contributed by atoms with E-state index in [0.717, 1.165) is 0 Å². The molecular formula is C14H20ClNO3. The van der Waals surface area contributed by atoms with Crippen LogP contribution in [-0.2, 0) is 4.79 Å². The number of rotatable bonds is 5. The van der Waals surface area contributed by atoms with Crippen LogP contribution in [0.5, 0.6) is 5.75 Å². The quantitative estimate of drug-likeness (QED) is 0.873. The molecule has 0 radical (unpaired) electrons. The number of ether oxygens (including phenoxy) is 1. The first-order valence-electron chi connectivity index (χ1n) is 6.05. The lowest BCUT2D eigenvalue weighted by atomic mass is 10.1. The molecule has 106 valence electrons. The van der Waals surface area contributed by atoms with Crippen molar-refractivity contribution in [3.8, 4) is 5.75 Å². The van der Waals surface area contributed by atoms with E-state index < -0.39 is 11.2 Å². The second-order valence-corrected chi connectivity index (χ2v) is 6.00. The molecule has 0 heterocycles. The molecule has 1 aromatic carbocycles. The standard InChI is InChI=1S/C14H20ClNO3/c1-13(2,18)9-16-12(17)14(3,4)19-11-7-5-10(15)6-8-11/h5-8,18H,9H2,1-4H3,(H,16,17). The largest absolute Gasteiger partial charge is 0.478 e. The molecule has 0 unspecified atom stereocenters. The minimum atomic E-state index is -1.03. The van der Waals surface area contributed by atoms with Gasteiger partial charge in [-0.05, 0) is 52.0 Å². The summed E-state index contributed by atoms with van der Waals surface area (Å²) < 4.78 is 5.63. The first kappa shape index (κ1) is 15.8. The van der Waals surface area contributed by atoms with Crippen molar-refractivity contribution in [3.63, 3.8) is 0 Å². The molecule has 0 saturated heterocycles. The van der Waals surface area contributed by atoms with Gasteiger partial charge in [-0.2, -0.15) is 0 Å². The molecule has 0 aliphatic carbocycles. The molecule has 4 nitrogen and oxygen atoms in total. The molecule has 0 aliphatic rings. The fraction of sp³-hybridized carbons (Fsp3) is 0.500. The van der Waals surface area contributed by atoms with Crippen LogP contribution in [0.3, 0.4) is 0 Å². The number of carbonyl (C=O) groups is 1. The lowest BCUT2D eigenvalue weighted by molar-refractivity contribution is -0.135. The average Bonchev–Trinajstić information content (AvgIpc) is 2.27. The topological polar surface area (TPSA) is 58.6 Å². The summed E-state index contributed by atoms with van der Waals surface area (Å²) in [7, 11) is 0. The molecule has 0 bridgehead atoms. The van der Waals surface area contributed by atoms with Crippen LogP contribution in [0.15, 0.2) is 24.3 Å². The Labute approximate surface area is 118 Å². The molecule has 0 aromatic heterocycles. The van der Waals surface area contributed by atoms with Gasteiger partial charge in [0.05, 0.1) is 5.60 Å². The smallest absolute Gasteiger partial charge is 0.263 e. The molecule has 0 aliphatic heterocycles. The van der Waals surface area contributed by atoms with Gasteiger partial charge in [-0.1, -0.05) is 11.6 Å². The van der Waals surface area contributed by atoms with E-state index in [2.05, 4.69) is 5.32 Å². The molecule has 19 heavy (non-hydrogen) atoms. The minimum Gasteiger partial charge on any atom is -0.478 e. The first-order chi connectivity index (χ1) is 8.60. The van der Waals surface area contributed by atoms with E-state index >= 15 is 0 Å². The van der Waals surface area contributed by atoms with Gasteiger partial charge in [-0.15, -0.1) is 0 Å². The van der Waals surface area contributed by atoms with E-state index in [1.165, 1.54) is 0 Å². The number of carbonyl (C=O) groups excluding carboxylic acids is 1. The maximum absolute atomic E-state index is 12.0. The number of hydrogen-bond donors (Lipinski definition) is 2. The highest BCUT2D eigenvalue weighted by Gasteiger charge is 2.30. The molecule has 0 atom stereocenters. The third-order valence-corrected chi connectivity index (χ3v) is 2.67. The zero-order valence-electron chi connectivity index (χ0n) is 11.7. The Morgan fingerprint density at radius 2 is 1.79 bits per heavy atom. The maximum Gasteiger partial charge on any atom is 0.263 e. The Hall–Kier alpha value is -1.26. The summed E-state index contributed by atoms with van der Waals surface area (Å²) in [6.45, 7) is 6.75. The van der Waals surface area contributed by atoms with Gasteiger partial charge in [0.1, 0.15) is 5.75 Å². The summed E-state index contributed by atoms with van der Waals surface area (Å²) in [6.07, 6.45) is 0. The summed E-state index contributed by atoms with van der Waals surface area (Å²) in [6, 6.07) is 6.80. The summed E-state index contributed by atoms with van der Waals surface area (Å²) >= 11 is 5.78. The molecule has 0 spiro atoms. The summed E-state index contributed by atoms with van der Waals surface area (Å²) in [5.41, 5.74) is -1.98. The van der Waals surface area contributed by atoms with E-state index in [1.54, 1.807) is 52.0 Å². The lowest BCUT2D eigenvalue weighted by Crippen LogP contribution is -2.50. The van der Waals surface area contributed by atoms with Crippen LogP contribution in [-0.4, -0.2) is 28.8 Å². The van der Waals surface area contributed by atoms with Gasteiger partial charge in [0, 0.05) is 11.6 Å². The van der Waals surface area contributed by atoms with Crippen molar-refractivity contribution in [1.82, 2.24) is 5.32 Å². The summed E-state index contributed by atoms with van der Waals surface area (Å²) in [5, 5.41) is 12.8. The number of halogens is 1. The number of aliphatic hydroxyl groups is 1. The Morgan fingerprint density at radius 1 is 1.26 bits per heavy atom. The van der Waals surface area contributed by atoms with Crippen molar-refractivity contribution in [2.75, 3.05) is 6.54 Å². The maximum atomic E-state index is 12.0. The van der Waals surface area contributed by atoms with E-state index in [4.69, 9.17) is 16.3 Å². The van der Waals surface area contributed by atoms with Gasteiger partial charge >= 0.3 is 0 Å². The fourth-order valence-corrected chi connectivity index (χ4v) is 1.48. The highest BCUT2D eigenvalue weighted by molar-refractivity contribution is 6.30. The van der Waals surface area contributed by atoms with Crippen molar-refractivity contribution in [2.45, 2.75) is 38.9 Å². The molecule has 1 rings (SSSR count). The Balaban J connectivity index is 2.64. The van der Waals surface area contributed by atoms with Crippen molar-refractivity contribution in [2.24, 2.45) is 0 Å². The zero-order chi connectivity index (χ0) is 14.7. The highest BCUT2D eigenvalue weighted by Crippen LogP contribution is 2.21. The summed E-state index contributed by atoms with van der Waals surface area (Å²) in [4.78, 5) is 12.0. The van der Waals surface area contributed by atoms with Crippen molar-refractivity contribution >= 4 is 17.5 Å². The average molecular weight is 286 g/mol. The molecule has 2 N–H and O–H groups in total. The van der Waals surface area contributed by atoms with E-state index in [1.807, 2.05) is 0 Å². The number of benzene rings is 1. The van der Waals surface area contributed by atoms with Gasteiger partial charge in [-0.3, -0.25) is 4.79 Å². The number of hydrogen-bond acceptors (Lipinski definition) is 3. The highest BCUT2D eigenvalue weighted by atomic mass is 35.5. The van der Waals surface area contributed by atoms with Crippen LogP contribution in [0, 0.1) is 0 Å². The van der Waals surface area contributed by atoms with Gasteiger partial charge < -0.3 is 15.2 Å². The Bertz CT molecular complexity index is 435. The zero-order valence-corrected chi connectivity index (χ0v) is 12.4. The van der Waals surface area contributed by atoms with E-state index in [9.17, 15) is 9.90 Å². The minimum absolute atomic E-state index is 0.166. The van der Waals surface area contributed by atoms with Crippen molar-refractivity contribution in [3.05, 3.63) is 29.3 Å². The SMILES string of the molecule is CC(C)(O)CNC(=O)C(C)(C)Oc1ccc(Cl)cc1.